The van der Waals surface area contributed by atoms with Crippen molar-refractivity contribution in [2.24, 2.45) is 5.73 Å². The second kappa shape index (κ2) is 11.6. The van der Waals surface area contributed by atoms with E-state index in [1.807, 2.05) is 45.9 Å². The van der Waals surface area contributed by atoms with E-state index >= 15 is 4.39 Å². The van der Waals surface area contributed by atoms with Crippen molar-refractivity contribution in [3.63, 3.8) is 0 Å². The number of halogens is 2. The van der Waals surface area contributed by atoms with E-state index in [9.17, 15) is 13.7 Å². The molecule has 2 unspecified atom stereocenters. The van der Waals surface area contributed by atoms with E-state index < -0.39 is 39.4 Å². The fraction of sp³-hybridized carbons (Fsp3) is 0.441. The second-order valence-corrected chi connectivity index (χ2v) is 15.7. The molecule has 1 fully saturated rings. The van der Waals surface area contributed by atoms with E-state index in [2.05, 4.69) is 19.6 Å². The summed E-state index contributed by atoms with van der Waals surface area (Å²) in [6, 6.07) is 11.9. The fourth-order valence-corrected chi connectivity index (χ4v) is 7.81. The molecule has 6 rings (SSSR count). The molecule has 0 saturated heterocycles. The Labute approximate surface area is 270 Å². The van der Waals surface area contributed by atoms with Crippen LogP contribution in [0.2, 0.25) is 0 Å². The Morgan fingerprint density at radius 1 is 1.22 bits per heavy atom. The summed E-state index contributed by atoms with van der Waals surface area (Å²) in [5, 5.41) is 2.68. The van der Waals surface area contributed by atoms with E-state index in [1.54, 1.807) is 31.4 Å². The summed E-state index contributed by atoms with van der Waals surface area (Å²) in [5.41, 5.74) is 8.90. The predicted molar refractivity (Wildman–Crippen MR) is 175 cm³/mol. The monoisotopic (exact) mass is 650 g/mol. The van der Waals surface area contributed by atoms with Crippen molar-refractivity contribution in [1.82, 2.24) is 24.6 Å². The number of imidazole rings is 1. The number of carbonyl (C=O) groups is 1. The number of alkyl halides is 1. The highest BCUT2D eigenvalue weighted by atomic mass is 32.2. The molecule has 3 heterocycles. The van der Waals surface area contributed by atoms with Crippen LogP contribution in [-0.2, 0) is 23.3 Å². The average Bonchev–Trinajstić information content (AvgIpc) is 3.53. The summed E-state index contributed by atoms with van der Waals surface area (Å²) < 4.78 is 53.4. The average molecular weight is 651 g/mol. The van der Waals surface area contributed by atoms with Gasteiger partial charge in [0, 0.05) is 60.2 Å². The van der Waals surface area contributed by atoms with Crippen molar-refractivity contribution in [3.8, 4) is 16.9 Å². The molecule has 0 radical (unpaired) electrons. The van der Waals surface area contributed by atoms with Gasteiger partial charge >= 0.3 is 0 Å². The number of hydrogen-bond acceptors (Lipinski definition) is 7. The van der Waals surface area contributed by atoms with Crippen molar-refractivity contribution >= 4 is 28.3 Å². The molecule has 1 aliphatic heterocycles. The summed E-state index contributed by atoms with van der Waals surface area (Å²) >= 11 is -1.46. The minimum absolute atomic E-state index is 0.198. The lowest BCUT2D eigenvalue weighted by Gasteiger charge is -2.52. The third kappa shape index (κ3) is 5.76. The standard InChI is InChI=1S/C34H40F2N6O3S/c1-19(35)45-27-9-7-8-22(31(43)38-6)29(27)25-12-13-28-40-24-11-10-20(15-26(24)42(25)28)21-14-23(36)30(39-16-21)34(17-33(5,37)18-34)41-46(44)32(2,3)4/h7-11,14-16,19,25,41H,12-13,17-18,37H2,1-6H3,(H,38,43)/t19?,25-,33-,34+,46?/m1/s1. The minimum Gasteiger partial charge on any atom is -0.598 e. The van der Waals surface area contributed by atoms with Crippen LogP contribution in [0, 0.1) is 5.82 Å². The maximum absolute atomic E-state index is 16.0. The molecule has 3 atom stereocenters. The number of nitrogens with one attached hydrogen (secondary N) is 2. The molecule has 9 nitrogen and oxygen atoms in total. The SMILES string of the molecule is CNC(=O)c1cccc(OC(C)F)c1[C@H]1CCc2nc3ccc(-c4cnc([C@]5(N[S+]([O-])C(C)(C)C)C[C@@](C)(N)C5)c(F)c4)cc3n21. The van der Waals surface area contributed by atoms with Crippen LogP contribution in [-0.4, -0.2) is 48.7 Å². The second-order valence-electron chi connectivity index (χ2n) is 13.7. The first-order chi connectivity index (χ1) is 21.6. The van der Waals surface area contributed by atoms with Gasteiger partial charge in [0.15, 0.2) is 0 Å². The van der Waals surface area contributed by atoms with Crippen molar-refractivity contribution in [3.05, 3.63) is 77.1 Å². The van der Waals surface area contributed by atoms with Crippen LogP contribution in [0.1, 0.15) is 87.4 Å². The lowest BCUT2D eigenvalue weighted by Crippen LogP contribution is -2.67. The molecular weight excluding hydrogens is 610 g/mol. The number of hydrogen-bond donors (Lipinski definition) is 3. The van der Waals surface area contributed by atoms with Gasteiger partial charge in [-0.1, -0.05) is 12.1 Å². The van der Waals surface area contributed by atoms with Crippen LogP contribution >= 0.6 is 0 Å². The van der Waals surface area contributed by atoms with E-state index in [-0.39, 0.29) is 17.6 Å². The lowest BCUT2D eigenvalue weighted by atomic mass is 9.63. The van der Waals surface area contributed by atoms with Crippen molar-refractivity contribution in [2.75, 3.05) is 7.05 Å². The van der Waals surface area contributed by atoms with E-state index in [0.29, 0.717) is 48.1 Å². The molecule has 244 valence electrons. The van der Waals surface area contributed by atoms with Gasteiger partial charge in [-0.3, -0.25) is 9.78 Å². The maximum atomic E-state index is 16.0. The molecule has 1 saturated carbocycles. The molecule has 2 aromatic heterocycles. The van der Waals surface area contributed by atoms with Gasteiger partial charge in [-0.15, -0.1) is 4.72 Å². The van der Waals surface area contributed by atoms with Gasteiger partial charge in [0.05, 0.1) is 17.1 Å². The number of fused-ring (bicyclic) bond motifs is 3. The van der Waals surface area contributed by atoms with Gasteiger partial charge in [-0.25, -0.2) is 13.8 Å². The van der Waals surface area contributed by atoms with Crippen LogP contribution < -0.4 is 20.5 Å². The van der Waals surface area contributed by atoms with Gasteiger partial charge in [0.25, 0.3) is 5.91 Å². The third-order valence-electron chi connectivity index (χ3n) is 8.76. The van der Waals surface area contributed by atoms with Gasteiger partial charge in [-0.05, 0) is 82.9 Å². The normalized spacial score (nSPS) is 23.9. The Hall–Kier alpha value is -3.58. The Balaban J connectivity index is 1.40. The Bertz CT molecular complexity index is 1810. The lowest BCUT2D eigenvalue weighted by molar-refractivity contribution is 0.0833. The summed E-state index contributed by atoms with van der Waals surface area (Å²) in [5.74, 6) is 0.322. The topological polar surface area (TPSA) is 130 Å². The Kier molecular flexibility index (Phi) is 8.15. The third-order valence-corrected chi connectivity index (χ3v) is 10.4. The largest absolute Gasteiger partial charge is 0.598 e. The zero-order chi connectivity index (χ0) is 33.2. The molecular formula is C34H40F2N6O3S. The smallest absolute Gasteiger partial charge is 0.251 e. The fourth-order valence-electron chi connectivity index (χ4n) is 6.91. The molecule has 12 heteroatoms. The number of aryl methyl sites for hydroxylation is 1. The summed E-state index contributed by atoms with van der Waals surface area (Å²) in [6.45, 7) is 8.77. The van der Waals surface area contributed by atoms with Gasteiger partial charge in [0.2, 0.25) is 6.36 Å². The van der Waals surface area contributed by atoms with Crippen LogP contribution in [0.3, 0.4) is 0 Å². The molecule has 2 aromatic carbocycles. The van der Waals surface area contributed by atoms with Gasteiger partial charge in [0.1, 0.15) is 33.4 Å². The molecule has 2 aliphatic rings. The number of nitrogens with two attached hydrogens (primary N) is 1. The number of carbonyl (C=O) groups excluding carboxylic acids is 1. The highest BCUT2D eigenvalue weighted by Crippen LogP contribution is 2.48. The number of ether oxygens (including phenoxy) is 1. The molecule has 4 aromatic rings. The van der Waals surface area contributed by atoms with Gasteiger partial charge in [-0.2, -0.15) is 0 Å². The molecule has 4 N–H and O–H groups in total. The summed E-state index contributed by atoms with van der Waals surface area (Å²) in [4.78, 5) is 22.4. The van der Waals surface area contributed by atoms with Crippen molar-refractivity contribution < 1.29 is 22.9 Å². The first kappa shape index (κ1) is 32.4. The molecule has 0 bridgehead atoms. The van der Waals surface area contributed by atoms with Crippen LogP contribution in [0.4, 0.5) is 8.78 Å². The molecule has 1 amide bonds. The maximum Gasteiger partial charge on any atom is 0.251 e. The number of aromatic nitrogens is 3. The number of rotatable bonds is 8. The molecule has 46 heavy (non-hydrogen) atoms. The quantitative estimate of drug-likeness (QED) is 0.212. The number of amides is 1. The van der Waals surface area contributed by atoms with E-state index in [0.717, 1.165) is 22.4 Å². The van der Waals surface area contributed by atoms with E-state index in [1.165, 1.54) is 13.0 Å². The molecule has 1 aliphatic carbocycles. The Morgan fingerprint density at radius 3 is 2.59 bits per heavy atom. The first-order valence-electron chi connectivity index (χ1n) is 15.4. The minimum atomic E-state index is -1.57. The van der Waals surface area contributed by atoms with Gasteiger partial charge < -0.3 is 24.9 Å². The number of nitrogens with zero attached hydrogens (tertiary/aromatic N) is 3. The number of benzene rings is 2. The highest BCUT2D eigenvalue weighted by molar-refractivity contribution is 7.90. The van der Waals surface area contributed by atoms with Crippen LogP contribution in [0.25, 0.3) is 22.2 Å². The van der Waals surface area contributed by atoms with Crippen LogP contribution in [0.5, 0.6) is 5.75 Å². The van der Waals surface area contributed by atoms with Crippen molar-refractivity contribution in [2.45, 2.75) is 88.5 Å². The Morgan fingerprint density at radius 2 is 1.96 bits per heavy atom. The predicted octanol–water partition coefficient (Wildman–Crippen LogP) is 5.59. The van der Waals surface area contributed by atoms with E-state index in [4.69, 9.17) is 15.5 Å². The highest BCUT2D eigenvalue weighted by Gasteiger charge is 2.57. The molecule has 0 spiro atoms. The zero-order valence-corrected chi connectivity index (χ0v) is 27.7. The zero-order valence-electron chi connectivity index (χ0n) is 26.9. The van der Waals surface area contributed by atoms with Crippen LogP contribution in [0.15, 0.2) is 48.7 Å². The summed E-state index contributed by atoms with van der Waals surface area (Å²) in [7, 11) is 1.55. The number of pyridine rings is 1. The summed E-state index contributed by atoms with van der Waals surface area (Å²) in [6.07, 6.45) is 2.14. The first-order valence-corrected chi connectivity index (χ1v) is 16.6. The van der Waals surface area contributed by atoms with Crippen molar-refractivity contribution in [1.29, 1.82) is 0 Å².